The summed E-state index contributed by atoms with van der Waals surface area (Å²) in [7, 11) is 0. The number of rotatable bonds is 1. The van der Waals surface area contributed by atoms with Crippen LogP contribution in [-0.2, 0) is 4.74 Å². The van der Waals surface area contributed by atoms with Gasteiger partial charge >= 0.3 is 0 Å². The van der Waals surface area contributed by atoms with Gasteiger partial charge in [0.2, 0.25) is 0 Å². The summed E-state index contributed by atoms with van der Waals surface area (Å²) in [6.07, 6.45) is 0. The summed E-state index contributed by atoms with van der Waals surface area (Å²) in [6, 6.07) is 7.27. The Morgan fingerprint density at radius 1 is 1.35 bits per heavy atom. The van der Waals surface area contributed by atoms with Gasteiger partial charge in [0.25, 0.3) is 5.56 Å². The van der Waals surface area contributed by atoms with Gasteiger partial charge in [0.15, 0.2) is 11.6 Å². The molecule has 1 aromatic carbocycles. The first-order valence-electron chi connectivity index (χ1n) is 5.28. The van der Waals surface area contributed by atoms with Crippen molar-refractivity contribution in [2.75, 3.05) is 12.4 Å². The summed E-state index contributed by atoms with van der Waals surface area (Å²) >= 11 is 1.66. The highest BCUT2D eigenvalue weighted by atomic mass is 32.2. The number of aromatic amines is 1. The van der Waals surface area contributed by atoms with Crippen molar-refractivity contribution in [2.24, 2.45) is 0 Å². The minimum absolute atomic E-state index is 0.134. The third-order valence-electron chi connectivity index (χ3n) is 2.50. The topological polar surface area (TPSA) is 55.0 Å². The van der Waals surface area contributed by atoms with E-state index in [1.807, 2.05) is 23.6 Å². The molecule has 17 heavy (non-hydrogen) atoms. The lowest BCUT2D eigenvalue weighted by molar-refractivity contribution is 0.296. The predicted octanol–water partition coefficient (Wildman–Crippen LogP) is 1.98. The molecule has 0 aliphatic carbocycles. The number of para-hydroxylation sites is 1. The number of nitrogens with one attached hydrogen (secondary N) is 1. The smallest absolute Gasteiger partial charge is 0.259 e. The lowest BCUT2D eigenvalue weighted by atomic mass is 10.2. The van der Waals surface area contributed by atoms with Crippen LogP contribution in [0.25, 0.3) is 16.7 Å². The van der Waals surface area contributed by atoms with Crippen LogP contribution in [-0.4, -0.2) is 22.3 Å². The summed E-state index contributed by atoms with van der Waals surface area (Å²) in [5.74, 6) is 2.08. The molecule has 1 N–H and O–H groups in total. The van der Waals surface area contributed by atoms with Crippen LogP contribution in [0.2, 0.25) is 0 Å². The normalized spacial score (nSPS) is 15.4. The Balaban J connectivity index is 2.18. The van der Waals surface area contributed by atoms with Gasteiger partial charge in [-0.15, -0.1) is 11.8 Å². The first kappa shape index (κ1) is 10.4. The minimum Gasteiger partial charge on any atom is -0.488 e. The Morgan fingerprint density at radius 2 is 2.24 bits per heavy atom. The molecule has 1 aliphatic heterocycles. The summed E-state index contributed by atoms with van der Waals surface area (Å²) in [4.78, 5) is 19.0. The standard InChI is InChI=1S/C12H10N2O2S/c15-12-8-3-1-2-4-9(8)13-11(14-12)10-7-17-6-5-16-10/h1-4,7H,5-6H2,(H,13,14,15). The van der Waals surface area contributed by atoms with E-state index in [0.29, 0.717) is 29.1 Å². The van der Waals surface area contributed by atoms with Crippen molar-refractivity contribution in [1.82, 2.24) is 9.97 Å². The zero-order valence-electron chi connectivity index (χ0n) is 8.97. The molecule has 0 atom stereocenters. The Kier molecular flexibility index (Phi) is 2.60. The van der Waals surface area contributed by atoms with Crippen LogP contribution < -0.4 is 5.56 Å². The SMILES string of the molecule is O=c1[nH]c(C2=CSCCO2)nc2ccccc12. The molecule has 1 aromatic heterocycles. The lowest BCUT2D eigenvalue weighted by Crippen LogP contribution is -2.13. The fourth-order valence-corrected chi connectivity index (χ4v) is 2.32. The molecule has 0 radical (unpaired) electrons. The first-order valence-corrected chi connectivity index (χ1v) is 6.33. The number of ether oxygens (including phenoxy) is 1. The maximum Gasteiger partial charge on any atom is 0.259 e. The Bertz CT molecular complexity index is 648. The van der Waals surface area contributed by atoms with E-state index in [4.69, 9.17) is 4.74 Å². The van der Waals surface area contributed by atoms with Crippen molar-refractivity contribution in [1.29, 1.82) is 0 Å². The van der Waals surface area contributed by atoms with Crippen LogP contribution in [0.3, 0.4) is 0 Å². The van der Waals surface area contributed by atoms with Crippen LogP contribution in [0.15, 0.2) is 34.5 Å². The van der Waals surface area contributed by atoms with Gasteiger partial charge in [0.1, 0.15) is 0 Å². The van der Waals surface area contributed by atoms with E-state index in [1.165, 1.54) is 0 Å². The lowest BCUT2D eigenvalue weighted by Gasteiger charge is -2.13. The van der Waals surface area contributed by atoms with Crippen LogP contribution in [0.1, 0.15) is 5.82 Å². The third kappa shape index (κ3) is 1.93. The summed E-state index contributed by atoms with van der Waals surface area (Å²) in [5, 5.41) is 2.48. The van der Waals surface area contributed by atoms with Gasteiger partial charge in [-0.1, -0.05) is 12.1 Å². The summed E-state index contributed by atoms with van der Waals surface area (Å²) in [6.45, 7) is 0.646. The van der Waals surface area contributed by atoms with E-state index < -0.39 is 0 Å². The van der Waals surface area contributed by atoms with Gasteiger partial charge in [0.05, 0.1) is 17.5 Å². The van der Waals surface area contributed by atoms with Gasteiger partial charge in [-0.05, 0) is 12.1 Å². The molecule has 0 bridgehead atoms. The molecule has 0 unspecified atom stereocenters. The van der Waals surface area contributed by atoms with E-state index >= 15 is 0 Å². The molecule has 0 amide bonds. The number of nitrogens with zero attached hydrogens (tertiary/aromatic N) is 1. The zero-order chi connectivity index (χ0) is 11.7. The highest BCUT2D eigenvalue weighted by Gasteiger charge is 2.11. The highest BCUT2D eigenvalue weighted by Crippen LogP contribution is 2.21. The van der Waals surface area contributed by atoms with E-state index in [0.717, 1.165) is 5.75 Å². The molecule has 3 rings (SSSR count). The highest BCUT2D eigenvalue weighted by molar-refractivity contribution is 8.02. The average Bonchev–Trinajstić information content (AvgIpc) is 2.40. The Labute approximate surface area is 102 Å². The van der Waals surface area contributed by atoms with Crippen LogP contribution in [0, 0.1) is 0 Å². The average molecular weight is 246 g/mol. The third-order valence-corrected chi connectivity index (χ3v) is 3.28. The van der Waals surface area contributed by atoms with Crippen molar-refractivity contribution >= 4 is 28.4 Å². The summed E-state index contributed by atoms with van der Waals surface area (Å²) < 4.78 is 5.48. The van der Waals surface area contributed by atoms with E-state index in [-0.39, 0.29) is 5.56 Å². The second kappa shape index (κ2) is 4.25. The molecule has 5 heteroatoms. The molecule has 2 heterocycles. The second-order valence-corrected chi connectivity index (χ2v) is 4.61. The number of fused-ring (bicyclic) bond motifs is 1. The molecule has 0 saturated carbocycles. The van der Waals surface area contributed by atoms with Crippen molar-refractivity contribution in [3.63, 3.8) is 0 Å². The molecule has 0 fully saturated rings. The molecule has 1 aliphatic rings. The fraction of sp³-hybridized carbons (Fsp3) is 0.167. The monoisotopic (exact) mass is 246 g/mol. The van der Waals surface area contributed by atoms with Gasteiger partial charge in [-0.25, -0.2) is 4.98 Å². The summed E-state index contributed by atoms with van der Waals surface area (Å²) in [5.41, 5.74) is 0.553. The van der Waals surface area contributed by atoms with Gasteiger partial charge in [-0.3, -0.25) is 4.79 Å². The number of H-pyrrole nitrogens is 1. The predicted molar refractivity (Wildman–Crippen MR) is 68.8 cm³/mol. The van der Waals surface area contributed by atoms with Gasteiger partial charge in [0, 0.05) is 11.2 Å². The molecule has 2 aromatic rings. The Hall–Kier alpha value is -1.75. The number of hydrogen-bond donors (Lipinski definition) is 1. The number of hydrogen-bond acceptors (Lipinski definition) is 4. The van der Waals surface area contributed by atoms with Gasteiger partial charge < -0.3 is 9.72 Å². The quantitative estimate of drug-likeness (QED) is 0.836. The maximum absolute atomic E-state index is 11.9. The molecular weight excluding hydrogens is 236 g/mol. The van der Waals surface area contributed by atoms with Crippen LogP contribution in [0.4, 0.5) is 0 Å². The van der Waals surface area contributed by atoms with Crippen molar-refractivity contribution in [3.05, 3.63) is 45.9 Å². The fourth-order valence-electron chi connectivity index (χ4n) is 1.70. The molecular formula is C12H10N2O2S. The second-order valence-electron chi connectivity index (χ2n) is 3.63. The number of aromatic nitrogens is 2. The largest absolute Gasteiger partial charge is 0.488 e. The molecule has 0 spiro atoms. The minimum atomic E-state index is -0.134. The first-order chi connectivity index (χ1) is 8.34. The van der Waals surface area contributed by atoms with Crippen LogP contribution >= 0.6 is 11.8 Å². The van der Waals surface area contributed by atoms with Crippen LogP contribution in [0.5, 0.6) is 0 Å². The van der Waals surface area contributed by atoms with Crippen molar-refractivity contribution < 1.29 is 4.74 Å². The Morgan fingerprint density at radius 3 is 3.06 bits per heavy atom. The van der Waals surface area contributed by atoms with E-state index in [1.54, 1.807) is 17.8 Å². The maximum atomic E-state index is 11.9. The molecule has 86 valence electrons. The number of thioether (sulfide) groups is 1. The van der Waals surface area contributed by atoms with Crippen molar-refractivity contribution in [2.45, 2.75) is 0 Å². The van der Waals surface area contributed by atoms with E-state index in [2.05, 4.69) is 9.97 Å². The van der Waals surface area contributed by atoms with Gasteiger partial charge in [-0.2, -0.15) is 0 Å². The molecule has 0 saturated heterocycles. The molecule has 4 nitrogen and oxygen atoms in total. The zero-order valence-corrected chi connectivity index (χ0v) is 9.79. The van der Waals surface area contributed by atoms with E-state index in [9.17, 15) is 4.79 Å². The number of benzene rings is 1. The van der Waals surface area contributed by atoms with Crippen molar-refractivity contribution in [3.8, 4) is 0 Å².